The molecule has 0 aliphatic carbocycles. The summed E-state index contributed by atoms with van der Waals surface area (Å²) < 4.78 is 27.0. The molecule has 174 valence electrons. The van der Waals surface area contributed by atoms with Crippen LogP contribution in [0.2, 0.25) is 0 Å². The third-order valence-electron chi connectivity index (χ3n) is 6.20. The SMILES string of the molecule is COc1cc2c(cc1OC)CN(C(=O)Cc1c(C)c3ccc(OC)c(OC)c3oc1=O)CC2. The zero-order chi connectivity index (χ0) is 23.7. The minimum atomic E-state index is -0.552. The maximum absolute atomic E-state index is 13.2. The van der Waals surface area contributed by atoms with Gasteiger partial charge in [-0.3, -0.25) is 4.79 Å². The molecule has 0 spiro atoms. The van der Waals surface area contributed by atoms with Gasteiger partial charge in [-0.2, -0.15) is 0 Å². The molecule has 33 heavy (non-hydrogen) atoms. The summed E-state index contributed by atoms with van der Waals surface area (Å²) in [6, 6.07) is 7.42. The van der Waals surface area contributed by atoms with E-state index in [-0.39, 0.29) is 12.3 Å². The zero-order valence-electron chi connectivity index (χ0n) is 19.4. The fourth-order valence-corrected chi connectivity index (χ4v) is 4.33. The quantitative estimate of drug-likeness (QED) is 0.530. The van der Waals surface area contributed by atoms with Gasteiger partial charge in [0.25, 0.3) is 0 Å². The molecule has 0 N–H and O–H groups in total. The molecule has 1 aliphatic rings. The van der Waals surface area contributed by atoms with E-state index >= 15 is 0 Å². The van der Waals surface area contributed by atoms with E-state index in [1.165, 1.54) is 14.2 Å². The maximum Gasteiger partial charge on any atom is 0.340 e. The van der Waals surface area contributed by atoms with Gasteiger partial charge in [-0.1, -0.05) is 0 Å². The standard InChI is InChI=1S/C25H27NO7/c1-14-17-6-7-19(29-2)24(32-5)23(17)33-25(28)18(14)12-22(27)26-9-8-15-10-20(30-3)21(31-4)11-16(15)13-26/h6-7,10-11H,8-9,12-13H2,1-5H3. The molecule has 0 saturated carbocycles. The average Bonchev–Trinajstić information content (AvgIpc) is 2.84. The van der Waals surface area contributed by atoms with Crippen LogP contribution in [0.3, 0.4) is 0 Å². The number of benzene rings is 2. The van der Waals surface area contributed by atoms with Gasteiger partial charge in [0.15, 0.2) is 22.8 Å². The molecule has 0 radical (unpaired) electrons. The molecule has 0 atom stereocenters. The van der Waals surface area contributed by atoms with Crippen molar-refractivity contribution >= 4 is 16.9 Å². The number of carbonyl (C=O) groups excluding carboxylic acids is 1. The van der Waals surface area contributed by atoms with Crippen molar-refractivity contribution in [3.05, 3.63) is 56.9 Å². The molecule has 4 rings (SSSR count). The van der Waals surface area contributed by atoms with E-state index in [2.05, 4.69) is 0 Å². The number of methoxy groups -OCH3 is 4. The monoisotopic (exact) mass is 453 g/mol. The molecule has 8 nitrogen and oxygen atoms in total. The van der Waals surface area contributed by atoms with Crippen molar-refractivity contribution < 1.29 is 28.2 Å². The molecule has 3 aromatic rings. The van der Waals surface area contributed by atoms with Crippen LogP contribution in [-0.4, -0.2) is 45.8 Å². The molecular formula is C25H27NO7. The molecule has 0 unspecified atom stereocenters. The van der Waals surface area contributed by atoms with Crippen LogP contribution in [-0.2, 0) is 24.2 Å². The smallest absolute Gasteiger partial charge is 0.340 e. The van der Waals surface area contributed by atoms with Gasteiger partial charge in [0, 0.05) is 18.5 Å². The maximum atomic E-state index is 13.2. The third-order valence-corrected chi connectivity index (χ3v) is 6.20. The normalized spacial score (nSPS) is 12.9. The summed E-state index contributed by atoms with van der Waals surface area (Å²) in [4.78, 5) is 27.7. The highest BCUT2D eigenvalue weighted by Crippen LogP contribution is 2.37. The highest BCUT2D eigenvalue weighted by Gasteiger charge is 2.25. The predicted octanol–water partition coefficient (Wildman–Crippen LogP) is 3.26. The van der Waals surface area contributed by atoms with Crippen LogP contribution in [0, 0.1) is 6.92 Å². The van der Waals surface area contributed by atoms with Crippen molar-refractivity contribution in [2.45, 2.75) is 26.3 Å². The zero-order valence-corrected chi connectivity index (χ0v) is 19.4. The van der Waals surface area contributed by atoms with Crippen molar-refractivity contribution in [3.8, 4) is 23.0 Å². The summed E-state index contributed by atoms with van der Waals surface area (Å²) in [5.41, 5.74) is 2.93. The van der Waals surface area contributed by atoms with Crippen molar-refractivity contribution in [2.75, 3.05) is 35.0 Å². The minimum Gasteiger partial charge on any atom is -0.493 e. The highest BCUT2D eigenvalue weighted by molar-refractivity contribution is 5.90. The number of nitrogens with zero attached hydrogens (tertiary/aromatic N) is 1. The van der Waals surface area contributed by atoms with Crippen molar-refractivity contribution in [1.82, 2.24) is 4.90 Å². The van der Waals surface area contributed by atoms with Gasteiger partial charge < -0.3 is 28.3 Å². The third kappa shape index (κ3) is 3.97. The van der Waals surface area contributed by atoms with Gasteiger partial charge in [0.1, 0.15) is 0 Å². The van der Waals surface area contributed by atoms with Crippen molar-refractivity contribution in [2.24, 2.45) is 0 Å². The first-order valence-electron chi connectivity index (χ1n) is 10.6. The molecule has 1 aromatic heterocycles. The number of hydrogen-bond acceptors (Lipinski definition) is 7. The molecule has 8 heteroatoms. The highest BCUT2D eigenvalue weighted by atomic mass is 16.5. The molecule has 0 saturated heterocycles. The summed E-state index contributed by atoms with van der Waals surface area (Å²) >= 11 is 0. The summed E-state index contributed by atoms with van der Waals surface area (Å²) in [5, 5.41) is 0.705. The van der Waals surface area contributed by atoms with Crippen LogP contribution in [0.1, 0.15) is 22.3 Å². The van der Waals surface area contributed by atoms with Gasteiger partial charge in [-0.25, -0.2) is 4.79 Å². The Kier molecular flexibility index (Phi) is 6.18. The number of hydrogen-bond donors (Lipinski definition) is 0. The Hall–Kier alpha value is -3.68. The Bertz CT molecular complexity index is 1280. The lowest BCUT2D eigenvalue weighted by atomic mass is 9.97. The summed E-state index contributed by atoms with van der Waals surface area (Å²) in [5.74, 6) is 1.99. The lowest BCUT2D eigenvalue weighted by molar-refractivity contribution is -0.131. The topological polar surface area (TPSA) is 87.4 Å². The molecule has 2 aromatic carbocycles. The second-order valence-electron chi connectivity index (χ2n) is 7.89. The lowest BCUT2D eigenvalue weighted by Gasteiger charge is -2.30. The number of carbonyl (C=O) groups is 1. The van der Waals surface area contributed by atoms with Crippen LogP contribution in [0.15, 0.2) is 33.5 Å². The Balaban J connectivity index is 1.63. The van der Waals surface area contributed by atoms with Crippen LogP contribution in [0.25, 0.3) is 11.0 Å². The number of fused-ring (bicyclic) bond motifs is 2. The van der Waals surface area contributed by atoms with E-state index in [0.29, 0.717) is 64.6 Å². The molecule has 1 aliphatic heterocycles. The fraction of sp³-hybridized carbons (Fsp3) is 0.360. The summed E-state index contributed by atoms with van der Waals surface area (Å²) in [7, 11) is 6.20. The predicted molar refractivity (Wildman–Crippen MR) is 123 cm³/mol. The van der Waals surface area contributed by atoms with E-state index in [1.54, 1.807) is 31.3 Å². The molecule has 0 fully saturated rings. The Morgan fingerprint density at radius 3 is 2.27 bits per heavy atom. The van der Waals surface area contributed by atoms with E-state index in [1.807, 2.05) is 19.1 Å². The van der Waals surface area contributed by atoms with Crippen LogP contribution >= 0.6 is 0 Å². The first-order valence-corrected chi connectivity index (χ1v) is 10.6. The summed E-state index contributed by atoms with van der Waals surface area (Å²) in [6.45, 7) is 2.82. The van der Waals surface area contributed by atoms with E-state index in [0.717, 1.165) is 11.1 Å². The fourth-order valence-electron chi connectivity index (χ4n) is 4.33. The second kappa shape index (κ2) is 9.05. The van der Waals surface area contributed by atoms with Crippen molar-refractivity contribution in [3.63, 3.8) is 0 Å². The van der Waals surface area contributed by atoms with Crippen LogP contribution in [0.5, 0.6) is 23.0 Å². The Labute approximate surface area is 191 Å². The largest absolute Gasteiger partial charge is 0.493 e. The molecule has 2 heterocycles. The van der Waals surface area contributed by atoms with Gasteiger partial charge >= 0.3 is 5.63 Å². The molecule has 0 bridgehead atoms. The van der Waals surface area contributed by atoms with Gasteiger partial charge in [-0.15, -0.1) is 0 Å². The average molecular weight is 453 g/mol. The van der Waals surface area contributed by atoms with Gasteiger partial charge in [-0.05, 0) is 54.3 Å². The number of ether oxygens (including phenoxy) is 4. The Morgan fingerprint density at radius 1 is 0.970 bits per heavy atom. The second-order valence-corrected chi connectivity index (χ2v) is 7.89. The van der Waals surface area contributed by atoms with E-state index < -0.39 is 5.63 Å². The minimum absolute atomic E-state index is 0.0406. The molecule has 1 amide bonds. The van der Waals surface area contributed by atoms with E-state index in [9.17, 15) is 9.59 Å². The van der Waals surface area contributed by atoms with E-state index in [4.69, 9.17) is 23.4 Å². The first kappa shape index (κ1) is 22.5. The first-order chi connectivity index (χ1) is 15.9. The lowest BCUT2D eigenvalue weighted by Crippen LogP contribution is -2.37. The number of aryl methyl sites for hydroxylation is 1. The van der Waals surface area contributed by atoms with Crippen molar-refractivity contribution in [1.29, 1.82) is 0 Å². The molecular weight excluding hydrogens is 426 g/mol. The number of amides is 1. The van der Waals surface area contributed by atoms with Gasteiger partial charge in [0.2, 0.25) is 11.7 Å². The van der Waals surface area contributed by atoms with Crippen LogP contribution < -0.4 is 24.6 Å². The summed E-state index contributed by atoms with van der Waals surface area (Å²) in [6.07, 6.45) is 0.658. The Morgan fingerprint density at radius 2 is 1.64 bits per heavy atom. The van der Waals surface area contributed by atoms with Crippen LogP contribution in [0.4, 0.5) is 0 Å². The number of rotatable bonds is 6. The van der Waals surface area contributed by atoms with Gasteiger partial charge in [0.05, 0.1) is 40.4 Å².